The molecular weight excluding hydrogens is 756 g/mol. The number of aryl methyl sites for hydroxylation is 1. The summed E-state index contributed by atoms with van der Waals surface area (Å²) < 4.78 is 2.69. The second-order valence-electron chi connectivity index (χ2n) is 20.1. The molecule has 11 rings (SSSR count). The van der Waals surface area contributed by atoms with Gasteiger partial charge in [-0.1, -0.05) is 158 Å². The smallest absolute Gasteiger partial charge is 0.343 e. The van der Waals surface area contributed by atoms with E-state index in [1.54, 1.807) is 0 Å². The van der Waals surface area contributed by atoms with E-state index in [0.29, 0.717) is 0 Å². The van der Waals surface area contributed by atoms with Crippen LogP contribution in [0.5, 0.6) is 0 Å². The Kier molecular flexibility index (Phi) is 8.49. The minimum Gasteiger partial charge on any atom is -0.376 e. The lowest BCUT2D eigenvalue weighted by Gasteiger charge is -2.46. The summed E-state index contributed by atoms with van der Waals surface area (Å²) in [6.45, 7) is 19.0. The van der Waals surface area contributed by atoms with Crippen molar-refractivity contribution in [1.29, 1.82) is 0 Å². The molecule has 0 saturated heterocycles. The number of benzene rings is 7. The molecule has 0 amide bonds. The molecule has 0 spiro atoms. The fraction of sp³-hybridized carbons (Fsp3) is 0.228. The van der Waals surface area contributed by atoms with E-state index in [0.717, 1.165) is 0 Å². The molecule has 300 valence electrons. The van der Waals surface area contributed by atoms with Crippen LogP contribution in [-0.2, 0) is 16.2 Å². The van der Waals surface area contributed by atoms with E-state index in [-0.39, 0.29) is 23.1 Å². The summed E-state index contributed by atoms with van der Waals surface area (Å²) in [7, 11) is 0. The fourth-order valence-corrected chi connectivity index (χ4v) is 11.9. The van der Waals surface area contributed by atoms with Gasteiger partial charge < -0.3 is 9.71 Å². The lowest BCUT2D eigenvalue weighted by atomic mass is 9.46. The van der Waals surface area contributed by atoms with Gasteiger partial charge in [-0.05, 0) is 128 Å². The van der Waals surface area contributed by atoms with Crippen LogP contribution in [0, 0.1) is 6.92 Å². The number of hydrogen-bond donors (Lipinski definition) is 0. The van der Waals surface area contributed by atoms with Gasteiger partial charge in [-0.25, -0.2) is 0 Å². The maximum absolute atomic E-state index is 2.73. The zero-order chi connectivity index (χ0) is 42.0. The first-order valence-corrected chi connectivity index (χ1v) is 22.9. The van der Waals surface area contributed by atoms with Gasteiger partial charge in [0.05, 0.1) is 11.4 Å². The third-order valence-corrected chi connectivity index (χ3v) is 15.3. The van der Waals surface area contributed by atoms with Gasteiger partial charge in [0.1, 0.15) is 0 Å². The highest BCUT2D eigenvalue weighted by Crippen LogP contribution is 2.54. The summed E-state index contributed by atoms with van der Waals surface area (Å²) in [4.78, 5) is 5.37. The van der Waals surface area contributed by atoms with E-state index in [1.165, 1.54) is 117 Å². The number of thiophene rings is 1. The van der Waals surface area contributed by atoms with Gasteiger partial charge in [0.25, 0.3) is 0 Å². The molecule has 0 bridgehead atoms. The molecule has 3 heterocycles. The Morgan fingerprint density at radius 3 is 1.98 bits per heavy atom. The zero-order valence-corrected chi connectivity index (χ0v) is 37.5. The Hall–Kier alpha value is -5.84. The summed E-state index contributed by atoms with van der Waals surface area (Å²) in [5.74, 6) is 0. The predicted molar refractivity (Wildman–Crippen MR) is 265 cm³/mol. The van der Waals surface area contributed by atoms with E-state index in [1.807, 2.05) is 11.3 Å². The first kappa shape index (κ1) is 38.1. The topological polar surface area (TPSA) is 6.48 Å². The van der Waals surface area contributed by atoms with Crippen LogP contribution in [0.3, 0.4) is 0 Å². The van der Waals surface area contributed by atoms with E-state index in [9.17, 15) is 0 Å². The molecule has 4 heteroatoms. The van der Waals surface area contributed by atoms with Crippen molar-refractivity contribution in [3.05, 3.63) is 174 Å². The van der Waals surface area contributed by atoms with Crippen molar-refractivity contribution < 1.29 is 0 Å². The highest BCUT2D eigenvalue weighted by atomic mass is 32.1. The molecule has 0 unspecified atom stereocenters. The van der Waals surface area contributed by atoms with Crippen LogP contribution in [0.2, 0.25) is 0 Å². The largest absolute Gasteiger partial charge is 0.376 e. The predicted octanol–water partition coefficient (Wildman–Crippen LogP) is 14.9. The summed E-state index contributed by atoms with van der Waals surface area (Å²) in [5.41, 5.74) is 21.0. The number of anilines is 5. The molecule has 2 aliphatic heterocycles. The van der Waals surface area contributed by atoms with Crippen molar-refractivity contribution in [2.45, 2.75) is 84.5 Å². The third kappa shape index (κ3) is 5.97. The van der Waals surface area contributed by atoms with Gasteiger partial charge in [-0.3, -0.25) is 0 Å². The maximum atomic E-state index is 2.73. The Labute approximate surface area is 366 Å². The molecule has 0 N–H and O–H groups in total. The highest BCUT2D eigenvalue weighted by molar-refractivity contribution is 7.32. The quantitative estimate of drug-likeness (QED) is 0.163. The van der Waals surface area contributed by atoms with E-state index in [4.69, 9.17) is 0 Å². The number of hydrogen-bond acceptors (Lipinski definition) is 3. The second kappa shape index (κ2) is 13.6. The normalized spacial score (nSPS) is 15.9. The number of fused-ring (bicyclic) bond motifs is 7. The standard InChI is InChI=1S/C57H53BN2S/c1-36-31-45-42-26-23-39(37-17-11-9-12-18-37)33-49(42)60(41-25-27-46-47(35-41)57(7,8)30-29-56(46,5)6)58-52(45)50(32-36)59(53-43-21-15-16-22-51(43)61-54(53)58)48-28-24-40(55(2,3)4)34-44(48)38-19-13-10-14-20-38/h9-28,31-35H,29-30H2,1-8H3. The average Bonchev–Trinajstić information content (AvgIpc) is 3.64. The monoisotopic (exact) mass is 808 g/mol. The van der Waals surface area contributed by atoms with Crippen molar-refractivity contribution >= 4 is 66.9 Å². The van der Waals surface area contributed by atoms with Crippen LogP contribution in [0.1, 0.15) is 83.6 Å². The first-order valence-electron chi connectivity index (χ1n) is 22.1. The molecular formula is C57H53BN2S. The molecule has 1 aromatic heterocycles. The Balaban J connectivity index is 1.25. The number of rotatable bonds is 4. The minimum atomic E-state index is -0.0421. The lowest BCUT2D eigenvalue weighted by Crippen LogP contribution is -2.60. The Bertz CT molecular complexity index is 3040. The molecule has 0 atom stereocenters. The summed E-state index contributed by atoms with van der Waals surface area (Å²) in [6, 6.07) is 57.9. The van der Waals surface area contributed by atoms with Crippen molar-refractivity contribution in [3.63, 3.8) is 0 Å². The van der Waals surface area contributed by atoms with E-state index < -0.39 is 0 Å². The third-order valence-electron chi connectivity index (χ3n) is 14.1. The molecule has 8 aromatic rings. The van der Waals surface area contributed by atoms with Crippen LogP contribution < -0.4 is 20.0 Å². The van der Waals surface area contributed by atoms with Crippen molar-refractivity contribution in [1.82, 2.24) is 0 Å². The Morgan fingerprint density at radius 1 is 0.557 bits per heavy atom. The molecule has 2 nitrogen and oxygen atoms in total. The molecule has 0 fully saturated rings. The van der Waals surface area contributed by atoms with E-state index >= 15 is 0 Å². The highest BCUT2D eigenvalue weighted by Gasteiger charge is 2.48. The van der Waals surface area contributed by atoms with Crippen molar-refractivity contribution in [2.75, 3.05) is 9.71 Å². The number of nitrogens with zero attached hydrogens (tertiary/aromatic N) is 2. The lowest BCUT2D eigenvalue weighted by molar-refractivity contribution is 0.332. The zero-order valence-electron chi connectivity index (χ0n) is 36.7. The van der Waals surface area contributed by atoms with Crippen molar-refractivity contribution in [2.24, 2.45) is 0 Å². The van der Waals surface area contributed by atoms with Crippen LogP contribution >= 0.6 is 11.3 Å². The molecule has 61 heavy (non-hydrogen) atoms. The summed E-state index contributed by atoms with van der Waals surface area (Å²) >= 11 is 1.97. The molecule has 1 aliphatic carbocycles. The maximum Gasteiger partial charge on any atom is 0.343 e. The van der Waals surface area contributed by atoms with Gasteiger partial charge >= 0.3 is 6.85 Å². The summed E-state index contributed by atoms with van der Waals surface area (Å²) in [5, 5.41) is 1.30. The molecule has 0 radical (unpaired) electrons. The van der Waals surface area contributed by atoms with Crippen LogP contribution in [-0.4, -0.2) is 6.85 Å². The second-order valence-corrected chi connectivity index (χ2v) is 21.2. The van der Waals surface area contributed by atoms with Crippen LogP contribution in [0.15, 0.2) is 152 Å². The Morgan fingerprint density at radius 2 is 1.25 bits per heavy atom. The van der Waals surface area contributed by atoms with E-state index in [2.05, 4.69) is 217 Å². The first-order chi connectivity index (χ1) is 29.3. The van der Waals surface area contributed by atoms with Gasteiger partial charge in [-0.2, -0.15) is 0 Å². The van der Waals surface area contributed by atoms with Gasteiger partial charge in [0, 0.05) is 43.1 Å². The van der Waals surface area contributed by atoms with Crippen LogP contribution in [0.4, 0.5) is 28.4 Å². The SMILES string of the molecule is Cc1cc2c3c(c1)N(c1ccc(C(C)(C)C)cc1-c1ccccc1)c1c(sc4ccccc14)B3N(c1ccc3c(c1)C(C)(C)CCC3(C)C)c1cc(-c3ccccc3)ccc1-2. The van der Waals surface area contributed by atoms with Crippen LogP contribution in [0.25, 0.3) is 43.5 Å². The average molecular weight is 809 g/mol. The van der Waals surface area contributed by atoms with Gasteiger partial charge in [0.15, 0.2) is 0 Å². The summed E-state index contributed by atoms with van der Waals surface area (Å²) in [6.07, 6.45) is 2.37. The van der Waals surface area contributed by atoms with Crippen molar-refractivity contribution in [3.8, 4) is 33.4 Å². The molecule has 3 aliphatic rings. The fourth-order valence-electron chi connectivity index (χ4n) is 10.7. The van der Waals surface area contributed by atoms with Gasteiger partial charge in [-0.15, -0.1) is 11.3 Å². The van der Waals surface area contributed by atoms with Gasteiger partial charge in [0.2, 0.25) is 0 Å². The molecule has 7 aromatic carbocycles. The minimum absolute atomic E-state index is 0.000732. The molecule has 0 saturated carbocycles.